The van der Waals surface area contributed by atoms with Gasteiger partial charge < -0.3 is 4.98 Å². The zero-order valence-electron chi connectivity index (χ0n) is 13.3. The molecular weight excluding hydrogens is 246 g/mol. The third kappa shape index (κ3) is 3.27. The zero-order valence-corrected chi connectivity index (χ0v) is 13.3. The third-order valence-electron chi connectivity index (χ3n) is 3.72. The molecule has 0 atom stereocenters. The topological polar surface area (TPSA) is 32.6 Å². The van der Waals surface area contributed by atoms with E-state index in [0.717, 1.165) is 13.0 Å². The summed E-state index contributed by atoms with van der Waals surface area (Å²) in [6, 6.07) is 4.65. The van der Waals surface area contributed by atoms with Crippen molar-refractivity contribution in [2.45, 2.75) is 59.4 Å². The lowest BCUT2D eigenvalue weighted by Crippen LogP contribution is -2.44. The molecule has 0 radical (unpaired) electrons. The van der Waals surface area contributed by atoms with Crippen LogP contribution in [-0.4, -0.2) is 9.97 Å². The molecule has 2 aromatic heterocycles. The molecule has 0 saturated heterocycles. The van der Waals surface area contributed by atoms with Crippen LogP contribution in [-0.2, 0) is 13.0 Å². The Morgan fingerprint density at radius 2 is 1.70 bits per heavy atom. The van der Waals surface area contributed by atoms with Crippen LogP contribution in [0.4, 0.5) is 0 Å². The summed E-state index contributed by atoms with van der Waals surface area (Å²) in [5.41, 5.74) is 5.40. The fourth-order valence-electron chi connectivity index (χ4n) is 2.68. The van der Waals surface area contributed by atoms with E-state index in [9.17, 15) is 0 Å². The van der Waals surface area contributed by atoms with Crippen molar-refractivity contribution in [3.05, 3.63) is 47.3 Å². The molecule has 1 N–H and O–H groups in total. The molecule has 2 aromatic rings. The molecule has 0 saturated carbocycles. The van der Waals surface area contributed by atoms with Crippen LogP contribution in [0.15, 0.2) is 24.7 Å². The summed E-state index contributed by atoms with van der Waals surface area (Å²) in [4.78, 5) is 7.29. The zero-order chi connectivity index (χ0) is 14.7. The summed E-state index contributed by atoms with van der Waals surface area (Å²) in [6.07, 6.45) is 4.66. The first kappa shape index (κ1) is 14.8. The number of aromatic nitrogens is 3. The summed E-state index contributed by atoms with van der Waals surface area (Å²) >= 11 is 0. The predicted molar refractivity (Wildman–Crippen MR) is 81.8 cm³/mol. The van der Waals surface area contributed by atoms with E-state index in [1.54, 1.807) is 6.33 Å². The first-order valence-corrected chi connectivity index (χ1v) is 7.50. The second-order valence-electron chi connectivity index (χ2n) is 6.17. The molecule has 0 fully saturated rings. The van der Waals surface area contributed by atoms with Crippen molar-refractivity contribution in [2.75, 3.05) is 0 Å². The summed E-state index contributed by atoms with van der Waals surface area (Å²) in [6.45, 7) is 12.3. The lowest BCUT2D eigenvalue weighted by molar-refractivity contribution is -0.712. The molecule has 20 heavy (non-hydrogen) atoms. The monoisotopic (exact) mass is 272 g/mol. The Morgan fingerprint density at radius 3 is 2.15 bits per heavy atom. The molecule has 3 nitrogen and oxygen atoms in total. The second kappa shape index (κ2) is 6.21. The van der Waals surface area contributed by atoms with Crippen LogP contribution in [0, 0.1) is 6.92 Å². The Balaban J connectivity index is 2.36. The molecule has 0 bridgehead atoms. The minimum atomic E-state index is 0.536. The minimum absolute atomic E-state index is 0.536. The van der Waals surface area contributed by atoms with Crippen molar-refractivity contribution in [2.24, 2.45) is 0 Å². The van der Waals surface area contributed by atoms with Gasteiger partial charge in [-0.2, -0.15) is 4.57 Å². The number of imidazole rings is 1. The van der Waals surface area contributed by atoms with Gasteiger partial charge in [0.1, 0.15) is 0 Å². The van der Waals surface area contributed by atoms with Gasteiger partial charge in [0, 0.05) is 42.3 Å². The Labute approximate surface area is 122 Å². The fourth-order valence-corrected chi connectivity index (χ4v) is 2.68. The number of nitrogens with zero attached hydrogens (tertiary/aromatic N) is 2. The summed E-state index contributed by atoms with van der Waals surface area (Å²) in [5, 5.41) is 0. The van der Waals surface area contributed by atoms with E-state index in [4.69, 9.17) is 0 Å². The van der Waals surface area contributed by atoms with E-state index in [-0.39, 0.29) is 0 Å². The predicted octanol–water partition coefficient (Wildman–Crippen LogP) is 3.50. The lowest BCUT2D eigenvalue weighted by Gasteiger charge is -2.14. The first-order valence-electron chi connectivity index (χ1n) is 7.50. The van der Waals surface area contributed by atoms with Crippen LogP contribution in [0.1, 0.15) is 62.2 Å². The molecule has 0 aromatic carbocycles. The van der Waals surface area contributed by atoms with Crippen molar-refractivity contribution in [1.82, 2.24) is 9.97 Å². The van der Waals surface area contributed by atoms with E-state index in [0.29, 0.717) is 11.8 Å². The SMILES string of the molecule is Cc1cc(C(C)C)[n+](CCc2cnc[nH]2)c(C(C)C)c1. The number of nitrogens with one attached hydrogen (secondary N) is 1. The average Bonchev–Trinajstić information content (AvgIpc) is 2.89. The molecule has 0 aliphatic heterocycles. The van der Waals surface area contributed by atoms with Crippen molar-refractivity contribution >= 4 is 0 Å². The molecule has 2 rings (SSSR count). The molecule has 3 heteroatoms. The highest BCUT2D eigenvalue weighted by atomic mass is 15.0. The Kier molecular flexibility index (Phi) is 4.58. The van der Waals surface area contributed by atoms with Gasteiger partial charge in [0.05, 0.1) is 6.33 Å². The number of rotatable bonds is 5. The highest BCUT2D eigenvalue weighted by molar-refractivity contribution is 5.18. The average molecular weight is 272 g/mol. The van der Waals surface area contributed by atoms with Crippen LogP contribution in [0.5, 0.6) is 0 Å². The second-order valence-corrected chi connectivity index (χ2v) is 6.17. The van der Waals surface area contributed by atoms with Gasteiger partial charge in [-0.05, 0) is 12.5 Å². The fraction of sp³-hybridized carbons (Fsp3) is 0.529. The Hall–Kier alpha value is -1.64. The normalized spacial score (nSPS) is 11.6. The molecule has 0 aliphatic rings. The Morgan fingerprint density at radius 1 is 1.10 bits per heavy atom. The summed E-state index contributed by atoms with van der Waals surface area (Å²) in [5.74, 6) is 1.07. The maximum Gasteiger partial charge on any atom is 0.184 e. The van der Waals surface area contributed by atoms with E-state index in [1.807, 2.05) is 6.20 Å². The molecule has 108 valence electrons. The summed E-state index contributed by atoms with van der Waals surface area (Å²) < 4.78 is 2.49. The van der Waals surface area contributed by atoms with Crippen LogP contribution in [0.2, 0.25) is 0 Å². The Bertz CT molecular complexity index is 525. The lowest BCUT2D eigenvalue weighted by atomic mass is 10.0. The minimum Gasteiger partial charge on any atom is -0.348 e. The molecule has 0 unspecified atom stereocenters. The maximum absolute atomic E-state index is 4.10. The van der Waals surface area contributed by atoms with Gasteiger partial charge in [-0.3, -0.25) is 0 Å². The van der Waals surface area contributed by atoms with Crippen LogP contribution in [0.3, 0.4) is 0 Å². The van der Waals surface area contributed by atoms with Gasteiger partial charge in [0.2, 0.25) is 0 Å². The van der Waals surface area contributed by atoms with E-state index >= 15 is 0 Å². The number of hydrogen-bond acceptors (Lipinski definition) is 1. The third-order valence-corrected chi connectivity index (χ3v) is 3.72. The van der Waals surface area contributed by atoms with E-state index < -0.39 is 0 Å². The molecule has 0 aliphatic carbocycles. The number of aromatic amines is 1. The quantitative estimate of drug-likeness (QED) is 0.830. The standard InChI is InChI=1S/C17H26N3/c1-12(2)16-8-14(5)9-17(13(3)4)20(16)7-6-15-10-18-11-19-15/h8-13H,6-7H2,1-5H3,(H,18,19)/q+1. The van der Waals surface area contributed by atoms with Crippen LogP contribution in [0.25, 0.3) is 0 Å². The number of hydrogen-bond donors (Lipinski definition) is 1. The van der Waals surface area contributed by atoms with Crippen LogP contribution >= 0.6 is 0 Å². The molecule has 0 spiro atoms. The summed E-state index contributed by atoms with van der Waals surface area (Å²) in [7, 11) is 0. The highest BCUT2D eigenvalue weighted by Crippen LogP contribution is 2.18. The molecule has 2 heterocycles. The molecular formula is C17H26N3+. The van der Waals surface area contributed by atoms with Gasteiger partial charge >= 0.3 is 0 Å². The molecule has 0 amide bonds. The van der Waals surface area contributed by atoms with E-state index in [2.05, 4.69) is 61.3 Å². The number of H-pyrrole nitrogens is 1. The van der Waals surface area contributed by atoms with Gasteiger partial charge in [0.25, 0.3) is 0 Å². The number of pyridine rings is 1. The van der Waals surface area contributed by atoms with Gasteiger partial charge in [0.15, 0.2) is 17.9 Å². The van der Waals surface area contributed by atoms with Crippen molar-refractivity contribution < 1.29 is 4.57 Å². The smallest absolute Gasteiger partial charge is 0.184 e. The largest absolute Gasteiger partial charge is 0.348 e. The van der Waals surface area contributed by atoms with E-state index in [1.165, 1.54) is 22.6 Å². The maximum atomic E-state index is 4.10. The van der Waals surface area contributed by atoms with Crippen molar-refractivity contribution in [3.63, 3.8) is 0 Å². The van der Waals surface area contributed by atoms with Gasteiger partial charge in [-0.25, -0.2) is 4.98 Å². The van der Waals surface area contributed by atoms with Gasteiger partial charge in [-0.1, -0.05) is 27.7 Å². The van der Waals surface area contributed by atoms with Gasteiger partial charge in [-0.15, -0.1) is 0 Å². The first-order chi connectivity index (χ1) is 9.49. The highest BCUT2D eigenvalue weighted by Gasteiger charge is 2.22. The number of aryl methyl sites for hydroxylation is 2. The van der Waals surface area contributed by atoms with Crippen molar-refractivity contribution in [3.8, 4) is 0 Å². The van der Waals surface area contributed by atoms with Crippen molar-refractivity contribution in [1.29, 1.82) is 0 Å². The van der Waals surface area contributed by atoms with Crippen LogP contribution < -0.4 is 4.57 Å².